The standard InChI is InChI=1S/C19H32N2/c1-14-9-15(2)11-17(10-14)21(6)19(13-20)8-7-18(4,5)12-16(19)3/h9-11,16H,7-8,12-13,20H2,1-6H3. The molecule has 2 unspecified atom stereocenters. The molecule has 0 amide bonds. The highest BCUT2D eigenvalue weighted by Gasteiger charge is 2.45. The smallest absolute Gasteiger partial charge is 0.0546 e. The van der Waals surface area contributed by atoms with Gasteiger partial charge in [0.2, 0.25) is 0 Å². The summed E-state index contributed by atoms with van der Waals surface area (Å²) in [5.41, 5.74) is 10.8. The summed E-state index contributed by atoms with van der Waals surface area (Å²) in [7, 11) is 2.23. The average Bonchev–Trinajstić information content (AvgIpc) is 2.37. The first-order valence-electron chi connectivity index (χ1n) is 8.22. The quantitative estimate of drug-likeness (QED) is 0.899. The normalized spacial score (nSPS) is 28.4. The monoisotopic (exact) mass is 288 g/mol. The molecule has 2 nitrogen and oxygen atoms in total. The molecule has 0 radical (unpaired) electrons. The van der Waals surface area contributed by atoms with Crippen LogP contribution in [0.5, 0.6) is 0 Å². The van der Waals surface area contributed by atoms with Crippen molar-refractivity contribution in [2.75, 3.05) is 18.5 Å². The molecule has 1 aliphatic carbocycles. The highest BCUT2D eigenvalue weighted by Crippen LogP contribution is 2.47. The van der Waals surface area contributed by atoms with Crippen LogP contribution in [0.4, 0.5) is 5.69 Å². The van der Waals surface area contributed by atoms with Crippen molar-refractivity contribution >= 4 is 5.69 Å². The lowest BCUT2D eigenvalue weighted by Gasteiger charge is -2.53. The van der Waals surface area contributed by atoms with Crippen molar-refractivity contribution in [3.05, 3.63) is 29.3 Å². The summed E-state index contributed by atoms with van der Waals surface area (Å²) in [6, 6.07) is 6.81. The number of anilines is 1. The molecular formula is C19H32N2. The van der Waals surface area contributed by atoms with Gasteiger partial charge in [-0.15, -0.1) is 0 Å². The number of hydrogen-bond acceptors (Lipinski definition) is 2. The molecule has 1 fully saturated rings. The second-order valence-electron chi connectivity index (χ2n) is 7.98. The number of nitrogens with zero attached hydrogens (tertiary/aromatic N) is 1. The summed E-state index contributed by atoms with van der Waals surface area (Å²) in [4.78, 5) is 2.47. The van der Waals surface area contributed by atoms with Crippen molar-refractivity contribution in [1.82, 2.24) is 0 Å². The number of aryl methyl sites for hydroxylation is 2. The average molecular weight is 288 g/mol. The minimum absolute atomic E-state index is 0.0930. The van der Waals surface area contributed by atoms with Crippen molar-refractivity contribution in [2.45, 2.75) is 59.4 Å². The van der Waals surface area contributed by atoms with Crippen LogP contribution in [0, 0.1) is 25.2 Å². The lowest BCUT2D eigenvalue weighted by molar-refractivity contribution is 0.103. The predicted octanol–water partition coefficient (Wildman–Crippen LogP) is 4.28. The van der Waals surface area contributed by atoms with E-state index in [1.807, 2.05) is 0 Å². The molecule has 0 aromatic heterocycles. The molecule has 1 aromatic rings. The van der Waals surface area contributed by atoms with Crippen molar-refractivity contribution < 1.29 is 0 Å². The summed E-state index contributed by atoms with van der Waals surface area (Å²) in [5, 5.41) is 0. The molecule has 2 rings (SSSR count). The molecular weight excluding hydrogens is 256 g/mol. The summed E-state index contributed by atoms with van der Waals surface area (Å²) in [5.74, 6) is 0.608. The molecule has 0 aliphatic heterocycles. The Bertz CT molecular complexity index is 486. The Balaban J connectivity index is 2.36. The molecule has 0 bridgehead atoms. The Labute approximate surface area is 130 Å². The van der Waals surface area contributed by atoms with Crippen LogP contribution in [-0.2, 0) is 0 Å². The zero-order chi connectivity index (χ0) is 15.8. The second kappa shape index (κ2) is 5.64. The Hall–Kier alpha value is -1.02. The van der Waals surface area contributed by atoms with E-state index in [4.69, 9.17) is 5.73 Å². The maximum Gasteiger partial charge on any atom is 0.0546 e. The van der Waals surface area contributed by atoms with E-state index in [1.165, 1.54) is 36.1 Å². The van der Waals surface area contributed by atoms with Gasteiger partial charge in [-0.05, 0) is 67.7 Å². The van der Waals surface area contributed by atoms with Gasteiger partial charge < -0.3 is 10.6 Å². The Morgan fingerprint density at radius 1 is 1.14 bits per heavy atom. The summed E-state index contributed by atoms with van der Waals surface area (Å²) in [6.07, 6.45) is 3.68. The van der Waals surface area contributed by atoms with Crippen molar-refractivity contribution in [1.29, 1.82) is 0 Å². The van der Waals surface area contributed by atoms with Crippen molar-refractivity contribution in [3.8, 4) is 0 Å². The van der Waals surface area contributed by atoms with Gasteiger partial charge >= 0.3 is 0 Å². The van der Waals surface area contributed by atoms with Crippen molar-refractivity contribution in [3.63, 3.8) is 0 Å². The van der Waals surface area contributed by atoms with Gasteiger partial charge in [0.15, 0.2) is 0 Å². The number of likely N-dealkylation sites (N-methyl/N-ethyl adjacent to an activating group) is 1. The predicted molar refractivity (Wildman–Crippen MR) is 92.9 cm³/mol. The molecule has 0 spiro atoms. The van der Waals surface area contributed by atoms with Gasteiger partial charge in [0, 0.05) is 19.3 Å². The maximum absolute atomic E-state index is 6.29. The largest absolute Gasteiger partial charge is 0.367 e. The van der Waals surface area contributed by atoms with E-state index in [9.17, 15) is 0 Å². The van der Waals surface area contributed by atoms with E-state index in [0.717, 1.165) is 6.54 Å². The fourth-order valence-corrected chi connectivity index (χ4v) is 4.26. The first kappa shape index (κ1) is 16.4. The van der Waals surface area contributed by atoms with Gasteiger partial charge in [-0.2, -0.15) is 0 Å². The minimum Gasteiger partial charge on any atom is -0.367 e. The van der Waals surface area contributed by atoms with E-state index in [1.54, 1.807) is 0 Å². The lowest BCUT2D eigenvalue weighted by atomic mass is 9.63. The Kier molecular flexibility index (Phi) is 4.39. The molecule has 2 N–H and O–H groups in total. The molecule has 21 heavy (non-hydrogen) atoms. The number of rotatable bonds is 3. The van der Waals surface area contributed by atoms with Crippen LogP contribution < -0.4 is 10.6 Å². The Morgan fingerprint density at radius 2 is 1.71 bits per heavy atom. The molecule has 118 valence electrons. The second-order valence-corrected chi connectivity index (χ2v) is 7.98. The van der Waals surface area contributed by atoms with Crippen LogP contribution in [0.25, 0.3) is 0 Å². The van der Waals surface area contributed by atoms with Gasteiger partial charge in [0.1, 0.15) is 0 Å². The molecule has 0 saturated heterocycles. The van der Waals surface area contributed by atoms with Gasteiger partial charge in [-0.3, -0.25) is 0 Å². The van der Waals surface area contributed by atoms with Crippen LogP contribution in [0.15, 0.2) is 18.2 Å². The molecule has 2 atom stereocenters. The summed E-state index contributed by atoms with van der Waals surface area (Å²) in [6.45, 7) is 12.2. The zero-order valence-electron chi connectivity index (χ0n) is 14.7. The number of benzene rings is 1. The zero-order valence-corrected chi connectivity index (χ0v) is 14.7. The van der Waals surface area contributed by atoms with Crippen LogP contribution in [0.2, 0.25) is 0 Å². The van der Waals surface area contributed by atoms with E-state index >= 15 is 0 Å². The van der Waals surface area contributed by atoms with Crippen LogP contribution in [0.3, 0.4) is 0 Å². The summed E-state index contributed by atoms with van der Waals surface area (Å²) >= 11 is 0. The number of nitrogens with two attached hydrogens (primary N) is 1. The maximum atomic E-state index is 6.29. The first-order chi connectivity index (χ1) is 9.70. The highest BCUT2D eigenvalue weighted by atomic mass is 15.2. The third-order valence-electron chi connectivity index (χ3n) is 5.63. The SMILES string of the molecule is Cc1cc(C)cc(N(C)C2(CN)CCC(C)(C)CC2C)c1. The molecule has 0 heterocycles. The molecule has 1 aliphatic rings. The van der Waals surface area contributed by atoms with Crippen molar-refractivity contribution in [2.24, 2.45) is 17.1 Å². The van der Waals surface area contributed by atoms with Gasteiger partial charge in [0.25, 0.3) is 0 Å². The van der Waals surface area contributed by atoms with E-state index in [-0.39, 0.29) is 5.54 Å². The fraction of sp³-hybridized carbons (Fsp3) is 0.684. The Morgan fingerprint density at radius 3 is 2.19 bits per heavy atom. The van der Waals surface area contributed by atoms with Crippen LogP contribution in [-0.4, -0.2) is 19.1 Å². The lowest BCUT2D eigenvalue weighted by Crippen LogP contribution is -2.60. The summed E-state index contributed by atoms with van der Waals surface area (Å²) < 4.78 is 0. The third-order valence-corrected chi connectivity index (χ3v) is 5.63. The topological polar surface area (TPSA) is 29.3 Å². The van der Waals surface area contributed by atoms with E-state index in [0.29, 0.717) is 11.3 Å². The highest BCUT2D eigenvalue weighted by molar-refractivity contribution is 5.53. The minimum atomic E-state index is 0.0930. The van der Waals surface area contributed by atoms with E-state index < -0.39 is 0 Å². The van der Waals surface area contributed by atoms with Gasteiger partial charge in [-0.25, -0.2) is 0 Å². The molecule has 2 heteroatoms. The van der Waals surface area contributed by atoms with E-state index in [2.05, 4.69) is 64.8 Å². The van der Waals surface area contributed by atoms with Gasteiger partial charge in [-0.1, -0.05) is 26.8 Å². The number of hydrogen-bond donors (Lipinski definition) is 1. The fourth-order valence-electron chi connectivity index (χ4n) is 4.26. The van der Waals surface area contributed by atoms with Crippen LogP contribution >= 0.6 is 0 Å². The molecule has 1 aromatic carbocycles. The molecule has 1 saturated carbocycles. The van der Waals surface area contributed by atoms with Crippen LogP contribution in [0.1, 0.15) is 51.2 Å². The van der Waals surface area contributed by atoms with Gasteiger partial charge in [0.05, 0.1) is 5.54 Å². The first-order valence-corrected chi connectivity index (χ1v) is 8.22. The third kappa shape index (κ3) is 3.11.